The van der Waals surface area contributed by atoms with Gasteiger partial charge in [0.05, 0.1) is 18.8 Å². The van der Waals surface area contributed by atoms with Crippen molar-refractivity contribution in [1.29, 1.82) is 0 Å². The number of aliphatic hydroxyl groups excluding tert-OH is 4. The molecule has 0 radical (unpaired) electrons. The summed E-state index contributed by atoms with van der Waals surface area (Å²) >= 11 is 1.75. The van der Waals surface area contributed by atoms with Crippen LogP contribution in [0.5, 0.6) is 0 Å². The van der Waals surface area contributed by atoms with Crippen LogP contribution in [0.15, 0.2) is 6.20 Å². The van der Waals surface area contributed by atoms with Crippen molar-refractivity contribution >= 4 is 16.5 Å². The lowest BCUT2D eigenvalue weighted by Gasteiger charge is -2.45. The van der Waals surface area contributed by atoms with Gasteiger partial charge in [-0.15, -0.1) is 11.3 Å². The molecule has 26 heavy (non-hydrogen) atoms. The third kappa shape index (κ3) is 4.21. The number of hydrogen-bond donors (Lipinski definition) is 4. The number of nitrogens with zero attached hydrogens (tertiary/aromatic N) is 3. The van der Waals surface area contributed by atoms with Crippen LogP contribution in [0.3, 0.4) is 0 Å². The minimum Gasteiger partial charge on any atom is -0.395 e. The third-order valence-corrected chi connectivity index (χ3v) is 6.94. The molecule has 0 saturated carbocycles. The molecule has 1 aromatic heterocycles. The molecule has 2 aliphatic heterocycles. The van der Waals surface area contributed by atoms with Gasteiger partial charge in [-0.25, -0.2) is 4.98 Å². The molecular weight excluding hydrogens is 354 g/mol. The first kappa shape index (κ1) is 20.0. The molecule has 2 fully saturated rings. The number of thiazole rings is 1. The van der Waals surface area contributed by atoms with Crippen molar-refractivity contribution in [1.82, 2.24) is 9.88 Å². The summed E-state index contributed by atoms with van der Waals surface area (Å²) in [7, 11) is 0. The van der Waals surface area contributed by atoms with Gasteiger partial charge in [0.15, 0.2) is 5.13 Å². The summed E-state index contributed by atoms with van der Waals surface area (Å²) in [5, 5.41) is 40.7. The average molecular weight is 386 g/mol. The molecule has 0 spiro atoms. The maximum atomic E-state index is 10.2. The quantitative estimate of drug-likeness (QED) is 0.576. The van der Waals surface area contributed by atoms with E-state index in [-0.39, 0.29) is 13.2 Å². The van der Waals surface area contributed by atoms with Crippen LogP contribution in [0.25, 0.3) is 0 Å². The highest BCUT2D eigenvalue weighted by Crippen LogP contribution is 2.31. The summed E-state index contributed by atoms with van der Waals surface area (Å²) in [6.07, 6.45) is 0.802. The number of β-amino-alcohol motifs (C(OH)–C–C–N with tert-alkyl or cyclic N) is 1. The average Bonchev–Trinajstić information content (AvgIpc) is 3.11. The molecular formula is C18H31N3O4S. The fraction of sp³-hybridized carbons (Fsp3) is 0.833. The Kier molecular flexibility index (Phi) is 6.53. The highest BCUT2D eigenvalue weighted by Gasteiger charge is 2.41. The van der Waals surface area contributed by atoms with Crippen molar-refractivity contribution in [2.75, 3.05) is 37.7 Å². The Morgan fingerprint density at radius 1 is 1.23 bits per heavy atom. The Labute approximate surface area is 158 Å². The normalized spacial score (nSPS) is 33.8. The summed E-state index contributed by atoms with van der Waals surface area (Å²) < 4.78 is 0. The van der Waals surface area contributed by atoms with Crippen molar-refractivity contribution in [2.45, 2.75) is 57.0 Å². The summed E-state index contributed by atoms with van der Waals surface area (Å²) in [5.74, 6) is 0.855. The molecule has 1 aromatic rings. The van der Waals surface area contributed by atoms with Crippen molar-refractivity contribution < 1.29 is 20.4 Å². The Balaban J connectivity index is 1.64. The van der Waals surface area contributed by atoms with Crippen molar-refractivity contribution in [2.24, 2.45) is 5.92 Å². The lowest BCUT2D eigenvalue weighted by molar-refractivity contribution is -0.147. The fourth-order valence-corrected chi connectivity index (χ4v) is 4.95. The summed E-state index contributed by atoms with van der Waals surface area (Å²) in [6.45, 7) is 6.95. The minimum absolute atomic E-state index is 0.231. The second-order valence-corrected chi connectivity index (χ2v) is 8.95. The summed E-state index contributed by atoms with van der Waals surface area (Å²) in [5.41, 5.74) is 0. The monoisotopic (exact) mass is 385 g/mol. The van der Waals surface area contributed by atoms with Crippen LogP contribution in [0, 0.1) is 5.92 Å². The molecule has 4 N–H and O–H groups in total. The maximum absolute atomic E-state index is 10.2. The van der Waals surface area contributed by atoms with E-state index in [1.807, 2.05) is 11.1 Å². The van der Waals surface area contributed by atoms with Gasteiger partial charge in [0.25, 0.3) is 0 Å². The van der Waals surface area contributed by atoms with E-state index in [1.165, 1.54) is 4.88 Å². The van der Waals surface area contributed by atoms with Gasteiger partial charge in [-0.2, -0.15) is 0 Å². The van der Waals surface area contributed by atoms with E-state index < -0.39 is 24.4 Å². The van der Waals surface area contributed by atoms with Gasteiger partial charge < -0.3 is 25.3 Å². The number of likely N-dealkylation sites (tertiary alicyclic amines) is 1. The van der Waals surface area contributed by atoms with Gasteiger partial charge in [0, 0.05) is 37.3 Å². The Bertz CT molecular complexity index is 585. The first-order valence-electron chi connectivity index (χ1n) is 9.50. The van der Waals surface area contributed by atoms with E-state index in [4.69, 9.17) is 0 Å². The Morgan fingerprint density at radius 2 is 2.00 bits per heavy atom. The molecule has 2 saturated heterocycles. The number of anilines is 1. The van der Waals surface area contributed by atoms with Crippen LogP contribution in [0.4, 0.5) is 5.13 Å². The molecule has 0 amide bonds. The molecule has 8 heteroatoms. The van der Waals surface area contributed by atoms with Crippen LogP contribution < -0.4 is 4.90 Å². The molecule has 3 rings (SSSR count). The molecule has 5 atom stereocenters. The minimum atomic E-state index is -1.20. The first-order chi connectivity index (χ1) is 12.4. The van der Waals surface area contributed by atoms with Crippen molar-refractivity contribution in [3.8, 4) is 0 Å². The second-order valence-electron chi connectivity index (χ2n) is 7.91. The summed E-state index contributed by atoms with van der Waals surface area (Å²) in [4.78, 5) is 10.1. The number of piperidine rings is 2. The van der Waals surface area contributed by atoms with Crippen LogP contribution in [0.1, 0.15) is 37.5 Å². The largest absolute Gasteiger partial charge is 0.395 e. The lowest BCUT2D eigenvalue weighted by Crippen LogP contribution is -2.63. The summed E-state index contributed by atoms with van der Waals surface area (Å²) in [6, 6.07) is -0.531. The van der Waals surface area contributed by atoms with Crippen LogP contribution in [-0.4, -0.2) is 87.4 Å². The standard InChI is InChI=1S/C18H31N3O4S/c1-11(2)15-6-19-18(26-15)20-5-3-4-12(7-20)8-21-9-14(23)17(25)16(24)13(21)10-22/h6,11-14,16-17,22-25H,3-5,7-10H2,1-2H3/t12-,13-,14-,16+,17+/m0/s1. The van der Waals surface area contributed by atoms with E-state index in [0.717, 1.165) is 31.1 Å². The van der Waals surface area contributed by atoms with Crippen LogP contribution in [0.2, 0.25) is 0 Å². The van der Waals surface area contributed by atoms with Gasteiger partial charge in [0.2, 0.25) is 0 Å². The van der Waals surface area contributed by atoms with Crippen LogP contribution in [-0.2, 0) is 0 Å². The van der Waals surface area contributed by atoms with Gasteiger partial charge in [-0.05, 0) is 24.7 Å². The number of aliphatic hydroxyl groups is 4. The topological polar surface area (TPSA) is 100 Å². The zero-order valence-electron chi connectivity index (χ0n) is 15.5. The van der Waals surface area contributed by atoms with E-state index in [1.54, 1.807) is 11.3 Å². The molecule has 3 heterocycles. The molecule has 0 unspecified atom stereocenters. The maximum Gasteiger partial charge on any atom is 0.185 e. The highest BCUT2D eigenvalue weighted by molar-refractivity contribution is 7.15. The number of rotatable bonds is 5. The zero-order valence-corrected chi connectivity index (χ0v) is 16.3. The smallest absolute Gasteiger partial charge is 0.185 e. The van der Waals surface area contributed by atoms with E-state index in [0.29, 0.717) is 18.4 Å². The SMILES string of the molecule is CC(C)c1cnc(N2CCC[C@H](CN3C[C@H](O)[C@@H](O)[C@H](O)[C@@H]3CO)C2)s1. The molecule has 0 aromatic carbocycles. The first-order valence-corrected chi connectivity index (χ1v) is 10.3. The Hall–Kier alpha value is -0.770. The van der Waals surface area contributed by atoms with Crippen molar-refractivity contribution in [3.05, 3.63) is 11.1 Å². The Morgan fingerprint density at radius 3 is 2.65 bits per heavy atom. The van der Waals surface area contributed by atoms with Gasteiger partial charge >= 0.3 is 0 Å². The van der Waals surface area contributed by atoms with E-state index >= 15 is 0 Å². The second kappa shape index (κ2) is 8.50. The molecule has 0 aliphatic carbocycles. The van der Waals surface area contributed by atoms with Gasteiger partial charge in [-0.1, -0.05) is 13.8 Å². The molecule has 7 nitrogen and oxygen atoms in total. The third-order valence-electron chi connectivity index (χ3n) is 5.58. The van der Waals surface area contributed by atoms with Crippen molar-refractivity contribution in [3.63, 3.8) is 0 Å². The number of aromatic nitrogens is 1. The van der Waals surface area contributed by atoms with Gasteiger partial charge in [0.1, 0.15) is 12.2 Å². The zero-order chi connectivity index (χ0) is 18.8. The number of hydrogen-bond acceptors (Lipinski definition) is 8. The van der Waals surface area contributed by atoms with E-state index in [9.17, 15) is 20.4 Å². The van der Waals surface area contributed by atoms with E-state index in [2.05, 4.69) is 23.7 Å². The fourth-order valence-electron chi connectivity index (χ4n) is 4.00. The van der Waals surface area contributed by atoms with Gasteiger partial charge in [-0.3, -0.25) is 4.90 Å². The highest BCUT2D eigenvalue weighted by atomic mass is 32.1. The molecule has 0 bridgehead atoms. The van der Waals surface area contributed by atoms with Crippen LogP contribution >= 0.6 is 11.3 Å². The molecule has 2 aliphatic rings. The lowest BCUT2D eigenvalue weighted by atomic mass is 9.91. The predicted octanol–water partition coefficient (Wildman–Crippen LogP) is 0.242. The molecule has 148 valence electrons. The predicted molar refractivity (Wildman–Crippen MR) is 102 cm³/mol.